The summed E-state index contributed by atoms with van der Waals surface area (Å²) in [5, 5.41) is 1.18. The lowest BCUT2D eigenvalue weighted by Crippen LogP contribution is -2.07. The zero-order chi connectivity index (χ0) is 13.4. The Kier molecular flexibility index (Phi) is 3.29. The fraction of sp³-hybridized carbons (Fsp3) is 0.133. The molecular weight excluding hydrogens is 322 g/mol. The highest BCUT2D eigenvalue weighted by molar-refractivity contribution is 9.11. The third kappa shape index (κ3) is 2.51. The molecule has 0 unspecified atom stereocenters. The lowest BCUT2D eigenvalue weighted by atomic mass is 10.2. The van der Waals surface area contributed by atoms with Crippen molar-refractivity contribution >= 4 is 44.0 Å². The van der Waals surface area contributed by atoms with E-state index in [1.54, 1.807) is 0 Å². The van der Waals surface area contributed by atoms with E-state index in [4.69, 9.17) is 0 Å². The number of hydrogen-bond donors (Lipinski definition) is 0. The maximum Gasteiger partial charge on any atom is 0.192 e. The van der Waals surface area contributed by atoms with E-state index < -0.39 is 0 Å². The van der Waals surface area contributed by atoms with Crippen molar-refractivity contribution in [3.05, 3.63) is 56.8 Å². The molecule has 0 fully saturated rings. The molecule has 0 aliphatic heterocycles. The highest BCUT2D eigenvalue weighted by Crippen LogP contribution is 2.24. The van der Waals surface area contributed by atoms with Crippen LogP contribution in [0.15, 0.2) is 46.4 Å². The van der Waals surface area contributed by atoms with Crippen molar-refractivity contribution < 1.29 is 4.79 Å². The molecule has 3 aromatic rings. The molecule has 0 saturated heterocycles. The number of rotatable bonds is 3. The van der Waals surface area contributed by atoms with Gasteiger partial charge in [-0.3, -0.25) is 4.79 Å². The summed E-state index contributed by atoms with van der Waals surface area (Å²) in [6.45, 7) is 2.46. The summed E-state index contributed by atoms with van der Waals surface area (Å²) in [6.07, 6.45) is 1.98. The van der Waals surface area contributed by atoms with Gasteiger partial charge < -0.3 is 4.57 Å². The first-order valence-corrected chi connectivity index (χ1v) is 7.58. The van der Waals surface area contributed by atoms with Crippen molar-refractivity contribution in [2.45, 2.75) is 13.5 Å². The molecule has 0 amide bonds. The average Bonchev–Trinajstić information content (AvgIpc) is 2.96. The van der Waals surface area contributed by atoms with Gasteiger partial charge in [-0.2, -0.15) is 0 Å². The predicted molar refractivity (Wildman–Crippen MR) is 83.0 cm³/mol. The Bertz CT molecular complexity index is 756. The number of halogens is 1. The number of carbonyl (C=O) groups excluding carboxylic acids is 1. The molecule has 19 heavy (non-hydrogen) atoms. The smallest absolute Gasteiger partial charge is 0.192 e. The van der Waals surface area contributed by atoms with Gasteiger partial charge in [0.25, 0.3) is 0 Å². The van der Waals surface area contributed by atoms with E-state index in [0.717, 1.165) is 14.2 Å². The van der Waals surface area contributed by atoms with Crippen molar-refractivity contribution in [2.24, 2.45) is 0 Å². The Balaban J connectivity index is 1.91. The van der Waals surface area contributed by atoms with E-state index in [1.807, 2.05) is 22.9 Å². The molecule has 0 saturated carbocycles. The molecule has 3 rings (SSSR count). The second kappa shape index (κ2) is 4.94. The number of aromatic nitrogens is 1. The van der Waals surface area contributed by atoms with Crippen LogP contribution in [0, 0.1) is 6.92 Å². The Hall–Kier alpha value is -1.39. The summed E-state index contributed by atoms with van der Waals surface area (Å²) in [5.41, 5.74) is 2.34. The van der Waals surface area contributed by atoms with Gasteiger partial charge in [0.2, 0.25) is 0 Å². The monoisotopic (exact) mass is 333 g/mol. The van der Waals surface area contributed by atoms with Crippen molar-refractivity contribution in [1.82, 2.24) is 4.57 Å². The average molecular weight is 334 g/mol. The van der Waals surface area contributed by atoms with Crippen LogP contribution in [-0.4, -0.2) is 10.4 Å². The zero-order valence-electron chi connectivity index (χ0n) is 10.4. The fourth-order valence-electron chi connectivity index (χ4n) is 2.15. The molecule has 2 aromatic heterocycles. The SMILES string of the molecule is Cc1ccc2c(ccn2CC(=O)c2ccc(Br)s2)c1. The number of thiophene rings is 1. The van der Waals surface area contributed by atoms with Crippen LogP contribution in [0.2, 0.25) is 0 Å². The Morgan fingerprint density at radius 2 is 2.11 bits per heavy atom. The number of benzene rings is 1. The van der Waals surface area contributed by atoms with Crippen LogP contribution in [0.3, 0.4) is 0 Å². The number of hydrogen-bond acceptors (Lipinski definition) is 2. The van der Waals surface area contributed by atoms with Crippen LogP contribution in [0.4, 0.5) is 0 Å². The Labute approximate surface area is 123 Å². The van der Waals surface area contributed by atoms with Crippen molar-refractivity contribution in [2.75, 3.05) is 0 Å². The molecule has 1 aromatic carbocycles. The minimum absolute atomic E-state index is 0.147. The first-order valence-electron chi connectivity index (χ1n) is 5.97. The van der Waals surface area contributed by atoms with E-state index in [2.05, 4.69) is 47.1 Å². The molecule has 0 N–H and O–H groups in total. The first kappa shape index (κ1) is 12.6. The van der Waals surface area contributed by atoms with E-state index in [-0.39, 0.29) is 5.78 Å². The molecule has 0 spiro atoms. The van der Waals surface area contributed by atoms with Gasteiger partial charge in [0, 0.05) is 11.7 Å². The number of Topliss-reactive ketones (excluding diaryl/α,β-unsaturated/α-hetero) is 1. The molecule has 0 atom stereocenters. The molecule has 0 radical (unpaired) electrons. The summed E-state index contributed by atoms with van der Waals surface area (Å²) in [5.74, 6) is 0.147. The molecule has 4 heteroatoms. The predicted octanol–water partition coefficient (Wildman–Crippen LogP) is 4.66. The maximum atomic E-state index is 12.2. The maximum absolute atomic E-state index is 12.2. The van der Waals surface area contributed by atoms with Gasteiger partial charge in [-0.15, -0.1) is 11.3 Å². The minimum atomic E-state index is 0.147. The lowest BCUT2D eigenvalue weighted by Gasteiger charge is -2.04. The summed E-state index contributed by atoms with van der Waals surface area (Å²) in [6, 6.07) is 12.1. The quantitative estimate of drug-likeness (QED) is 0.639. The standard InChI is InChI=1S/C15H12BrNOS/c1-10-2-3-12-11(8-10)6-7-17(12)9-13(18)14-4-5-15(16)19-14/h2-8H,9H2,1H3. The Morgan fingerprint density at radius 3 is 2.84 bits per heavy atom. The third-order valence-electron chi connectivity index (χ3n) is 3.09. The molecule has 96 valence electrons. The first-order chi connectivity index (χ1) is 9.13. The zero-order valence-corrected chi connectivity index (χ0v) is 12.8. The van der Waals surface area contributed by atoms with Gasteiger partial charge >= 0.3 is 0 Å². The molecule has 2 nitrogen and oxygen atoms in total. The molecule has 2 heterocycles. The number of aryl methyl sites for hydroxylation is 1. The fourth-order valence-corrected chi connectivity index (χ4v) is 3.47. The van der Waals surface area contributed by atoms with Gasteiger partial charge in [0.15, 0.2) is 5.78 Å². The molecule has 0 aliphatic rings. The topological polar surface area (TPSA) is 22.0 Å². The van der Waals surface area contributed by atoms with Crippen LogP contribution in [0.5, 0.6) is 0 Å². The van der Waals surface area contributed by atoms with E-state index in [1.165, 1.54) is 22.3 Å². The van der Waals surface area contributed by atoms with Crippen molar-refractivity contribution in [1.29, 1.82) is 0 Å². The minimum Gasteiger partial charge on any atom is -0.340 e. The largest absolute Gasteiger partial charge is 0.340 e. The molecular formula is C15H12BrNOS. The second-order valence-electron chi connectivity index (χ2n) is 4.53. The second-order valence-corrected chi connectivity index (χ2v) is 7.00. The normalized spacial score (nSPS) is 11.1. The van der Waals surface area contributed by atoms with Gasteiger partial charge in [-0.25, -0.2) is 0 Å². The highest BCUT2D eigenvalue weighted by Gasteiger charge is 2.11. The summed E-state index contributed by atoms with van der Waals surface area (Å²) < 4.78 is 2.99. The number of ketones is 1. The van der Waals surface area contributed by atoms with Crippen LogP contribution in [0.1, 0.15) is 15.2 Å². The van der Waals surface area contributed by atoms with Crippen molar-refractivity contribution in [3.8, 4) is 0 Å². The summed E-state index contributed by atoms with van der Waals surface area (Å²) in [7, 11) is 0. The number of fused-ring (bicyclic) bond motifs is 1. The van der Waals surface area contributed by atoms with Crippen LogP contribution >= 0.6 is 27.3 Å². The van der Waals surface area contributed by atoms with Crippen LogP contribution in [0.25, 0.3) is 10.9 Å². The summed E-state index contributed by atoms with van der Waals surface area (Å²) >= 11 is 4.86. The van der Waals surface area contributed by atoms with Gasteiger partial charge in [0.05, 0.1) is 15.2 Å². The van der Waals surface area contributed by atoms with E-state index in [9.17, 15) is 4.79 Å². The van der Waals surface area contributed by atoms with E-state index >= 15 is 0 Å². The van der Waals surface area contributed by atoms with Gasteiger partial charge in [0.1, 0.15) is 0 Å². The Morgan fingerprint density at radius 1 is 1.26 bits per heavy atom. The lowest BCUT2D eigenvalue weighted by molar-refractivity contribution is 0.0977. The van der Waals surface area contributed by atoms with Crippen LogP contribution in [-0.2, 0) is 6.54 Å². The highest BCUT2D eigenvalue weighted by atomic mass is 79.9. The van der Waals surface area contributed by atoms with Gasteiger partial charge in [-0.1, -0.05) is 11.6 Å². The third-order valence-corrected chi connectivity index (χ3v) is 4.75. The number of nitrogens with zero attached hydrogens (tertiary/aromatic N) is 1. The van der Waals surface area contributed by atoms with Gasteiger partial charge in [-0.05, 0) is 58.6 Å². The van der Waals surface area contributed by atoms with Crippen LogP contribution < -0.4 is 0 Å². The summed E-state index contributed by atoms with van der Waals surface area (Å²) in [4.78, 5) is 13.0. The number of carbonyl (C=O) groups is 1. The molecule has 0 aliphatic carbocycles. The van der Waals surface area contributed by atoms with Crippen molar-refractivity contribution in [3.63, 3.8) is 0 Å². The molecule has 0 bridgehead atoms. The van der Waals surface area contributed by atoms with E-state index in [0.29, 0.717) is 6.54 Å².